The van der Waals surface area contributed by atoms with Crippen LogP contribution in [-0.2, 0) is 4.79 Å². The molecule has 7 heteroatoms. The molecule has 0 spiro atoms. The molecule has 7 nitrogen and oxygen atoms in total. The van der Waals surface area contributed by atoms with Gasteiger partial charge in [0, 0.05) is 62.7 Å². The van der Waals surface area contributed by atoms with Crippen LogP contribution in [-0.4, -0.2) is 48.5 Å². The van der Waals surface area contributed by atoms with Gasteiger partial charge in [0.25, 0.3) is 5.69 Å². The summed E-state index contributed by atoms with van der Waals surface area (Å²) in [4.78, 5) is 27.3. The third kappa shape index (κ3) is 5.07. The summed E-state index contributed by atoms with van der Waals surface area (Å²) in [6, 6.07) is 13.0. The van der Waals surface area contributed by atoms with E-state index in [1.54, 1.807) is 13.0 Å². The molecular weight excluding hydrogens is 356 g/mol. The van der Waals surface area contributed by atoms with E-state index in [0.717, 1.165) is 26.2 Å². The number of nitro benzene ring substituents is 1. The number of non-ortho nitro benzene ring substituents is 1. The first-order chi connectivity index (χ1) is 13.4. The second-order valence-electron chi connectivity index (χ2n) is 7.22. The number of anilines is 2. The van der Waals surface area contributed by atoms with Gasteiger partial charge in [-0.05, 0) is 43.2 Å². The van der Waals surface area contributed by atoms with Crippen LogP contribution in [0.4, 0.5) is 17.1 Å². The van der Waals surface area contributed by atoms with Gasteiger partial charge < -0.3 is 10.2 Å². The number of nitrogens with zero attached hydrogens (tertiary/aromatic N) is 3. The zero-order valence-corrected chi connectivity index (χ0v) is 16.4. The molecule has 0 atom stereocenters. The van der Waals surface area contributed by atoms with Gasteiger partial charge in [-0.2, -0.15) is 0 Å². The summed E-state index contributed by atoms with van der Waals surface area (Å²) >= 11 is 0. The van der Waals surface area contributed by atoms with Crippen molar-refractivity contribution < 1.29 is 9.72 Å². The van der Waals surface area contributed by atoms with Crippen molar-refractivity contribution >= 4 is 23.0 Å². The van der Waals surface area contributed by atoms with Crippen molar-refractivity contribution in [2.45, 2.75) is 20.3 Å². The summed E-state index contributed by atoms with van der Waals surface area (Å²) in [5, 5.41) is 13.7. The fraction of sp³-hybridized carbons (Fsp3) is 0.381. The molecule has 2 aromatic carbocycles. The standard InChI is InChI=1S/C21H26N4O3/c1-16-4-3-5-18(14-16)24-12-10-23(11-13-24)9-8-21(26)22-20-7-6-19(25(27)28)15-17(20)2/h3-7,14-15H,8-13H2,1-2H3,(H,22,26). The topological polar surface area (TPSA) is 78.7 Å². The van der Waals surface area contributed by atoms with Crippen LogP contribution in [0.2, 0.25) is 0 Å². The molecule has 0 unspecified atom stereocenters. The van der Waals surface area contributed by atoms with Crippen molar-refractivity contribution in [2.75, 3.05) is 42.9 Å². The molecule has 1 fully saturated rings. The molecule has 1 amide bonds. The Bertz CT molecular complexity index is 860. The van der Waals surface area contributed by atoms with Crippen molar-refractivity contribution in [1.29, 1.82) is 0 Å². The number of nitro groups is 1. The summed E-state index contributed by atoms with van der Waals surface area (Å²) in [7, 11) is 0. The molecule has 1 heterocycles. The number of nitrogens with one attached hydrogen (secondary N) is 1. The summed E-state index contributed by atoms with van der Waals surface area (Å²) in [6.07, 6.45) is 0.404. The number of piperazine rings is 1. The van der Waals surface area contributed by atoms with Gasteiger partial charge in [0.1, 0.15) is 0 Å². The Labute approximate surface area is 165 Å². The summed E-state index contributed by atoms with van der Waals surface area (Å²) in [5.74, 6) is -0.0712. The van der Waals surface area contributed by atoms with E-state index >= 15 is 0 Å². The van der Waals surface area contributed by atoms with Gasteiger partial charge in [0.2, 0.25) is 5.91 Å². The maximum absolute atomic E-state index is 12.3. The lowest BCUT2D eigenvalue weighted by atomic mass is 10.1. The van der Waals surface area contributed by atoms with Crippen molar-refractivity contribution in [2.24, 2.45) is 0 Å². The van der Waals surface area contributed by atoms with Crippen molar-refractivity contribution in [3.8, 4) is 0 Å². The van der Waals surface area contributed by atoms with E-state index in [2.05, 4.69) is 46.3 Å². The molecule has 1 saturated heterocycles. The lowest BCUT2D eigenvalue weighted by molar-refractivity contribution is -0.384. The van der Waals surface area contributed by atoms with E-state index < -0.39 is 4.92 Å². The fourth-order valence-corrected chi connectivity index (χ4v) is 3.43. The van der Waals surface area contributed by atoms with Crippen LogP contribution >= 0.6 is 0 Å². The summed E-state index contributed by atoms with van der Waals surface area (Å²) in [6.45, 7) is 8.33. The van der Waals surface area contributed by atoms with Crippen molar-refractivity contribution in [3.63, 3.8) is 0 Å². The zero-order chi connectivity index (χ0) is 20.1. The van der Waals surface area contributed by atoms with Gasteiger partial charge in [-0.15, -0.1) is 0 Å². The molecule has 0 aliphatic carbocycles. The molecule has 28 heavy (non-hydrogen) atoms. The molecule has 2 aromatic rings. The van der Waals surface area contributed by atoms with Gasteiger partial charge in [0.15, 0.2) is 0 Å². The number of aryl methyl sites for hydroxylation is 2. The first-order valence-electron chi connectivity index (χ1n) is 9.51. The Morgan fingerprint density at radius 1 is 1.11 bits per heavy atom. The predicted octanol–water partition coefficient (Wildman–Crippen LogP) is 3.36. The van der Waals surface area contributed by atoms with Gasteiger partial charge >= 0.3 is 0 Å². The van der Waals surface area contributed by atoms with Crippen LogP contribution in [0.25, 0.3) is 0 Å². The van der Waals surface area contributed by atoms with E-state index in [-0.39, 0.29) is 11.6 Å². The van der Waals surface area contributed by atoms with Crippen LogP contribution in [0.3, 0.4) is 0 Å². The molecule has 1 N–H and O–H groups in total. The smallest absolute Gasteiger partial charge is 0.269 e. The Hall–Kier alpha value is -2.93. The minimum atomic E-state index is -0.436. The first-order valence-corrected chi connectivity index (χ1v) is 9.51. The number of carbonyl (C=O) groups is 1. The molecular formula is C21H26N4O3. The SMILES string of the molecule is Cc1cccc(N2CCN(CCC(=O)Nc3ccc([N+](=O)[O-])cc3C)CC2)c1. The Morgan fingerprint density at radius 2 is 1.86 bits per heavy atom. The average molecular weight is 382 g/mol. The molecule has 1 aliphatic rings. The molecule has 0 aromatic heterocycles. The number of amides is 1. The highest BCUT2D eigenvalue weighted by molar-refractivity contribution is 5.91. The van der Waals surface area contributed by atoms with Gasteiger partial charge in [-0.3, -0.25) is 19.8 Å². The number of hydrogen-bond donors (Lipinski definition) is 1. The first kappa shape index (κ1) is 19.8. The fourth-order valence-electron chi connectivity index (χ4n) is 3.43. The molecule has 0 saturated carbocycles. The lowest BCUT2D eigenvalue weighted by Crippen LogP contribution is -2.47. The molecule has 0 bridgehead atoms. The Balaban J connectivity index is 1.45. The highest BCUT2D eigenvalue weighted by Gasteiger charge is 2.18. The second kappa shape index (κ2) is 8.84. The number of rotatable bonds is 6. The minimum Gasteiger partial charge on any atom is -0.369 e. The average Bonchev–Trinajstić information content (AvgIpc) is 2.68. The van der Waals surface area contributed by atoms with Gasteiger partial charge in [-0.25, -0.2) is 0 Å². The number of hydrogen-bond acceptors (Lipinski definition) is 5. The third-order valence-electron chi connectivity index (χ3n) is 5.09. The summed E-state index contributed by atoms with van der Waals surface area (Å²) in [5.41, 5.74) is 3.86. The largest absolute Gasteiger partial charge is 0.369 e. The highest BCUT2D eigenvalue weighted by atomic mass is 16.6. The van der Waals surface area contributed by atoms with E-state index in [1.165, 1.54) is 23.4 Å². The van der Waals surface area contributed by atoms with Crippen molar-refractivity contribution in [3.05, 3.63) is 63.7 Å². The van der Waals surface area contributed by atoms with E-state index in [0.29, 0.717) is 24.2 Å². The maximum atomic E-state index is 12.3. The van der Waals surface area contributed by atoms with E-state index in [9.17, 15) is 14.9 Å². The zero-order valence-electron chi connectivity index (χ0n) is 16.4. The van der Waals surface area contributed by atoms with Gasteiger partial charge in [0.05, 0.1) is 4.92 Å². The van der Waals surface area contributed by atoms with Crippen LogP contribution in [0.1, 0.15) is 17.5 Å². The normalized spacial score (nSPS) is 14.7. The van der Waals surface area contributed by atoms with Crippen molar-refractivity contribution in [1.82, 2.24) is 4.90 Å². The number of benzene rings is 2. The van der Waals surface area contributed by atoms with Crippen LogP contribution in [0.15, 0.2) is 42.5 Å². The summed E-state index contributed by atoms with van der Waals surface area (Å²) < 4.78 is 0. The van der Waals surface area contributed by atoms with Crippen LogP contribution in [0, 0.1) is 24.0 Å². The monoisotopic (exact) mass is 382 g/mol. The second-order valence-corrected chi connectivity index (χ2v) is 7.22. The molecule has 148 valence electrons. The maximum Gasteiger partial charge on any atom is 0.269 e. The third-order valence-corrected chi connectivity index (χ3v) is 5.09. The molecule has 0 radical (unpaired) electrons. The lowest BCUT2D eigenvalue weighted by Gasteiger charge is -2.36. The molecule has 1 aliphatic heterocycles. The minimum absolute atomic E-state index is 0.0296. The van der Waals surface area contributed by atoms with E-state index in [1.807, 2.05) is 0 Å². The quantitative estimate of drug-likeness (QED) is 0.612. The van der Waals surface area contributed by atoms with E-state index in [4.69, 9.17) is 0 Å². The number of carbonyl (C=O) groups excluding carboxylic acids is 1. The predicted molar refractivity (Wildman–Crippen MR) is 111 cm³/mol. The Morgan fingerprint density at radius 3 is 2.50 bits per heavy atom. The highest BCUT2D eigenvalue weighted by Crippen LogP contribution is 2.21. The van der Waals surface area contributed by atoms with Crippen LogP contribution in [0.5, 0.6) is 0 Å². The van der Waals surface area contributed by atoms with Crippen LogP contribution < -0.4 is 10.2 Å². The molecule has 3 rings (SSSR count). The Kier molecular flexibility index (Phi) is 6.26. The van der Waals surface area contributed by atoms with Gasteiger partial charge in [-0.1, -0.05) is 12.1 Å².